The molecule has 21 heavy (non-hydrogen) atoms. The van der Waals surface area contributed by atoms with Crippen molar-refractivity contribution in [2.24, 2.45) is 0 Å². The second-order valence-electron chi connectivity index (χ2n) is 4.86. The SMILES string of the molecule is Cc1ccc2[nH]c(C(=O)Nc3ccc(F)c(F)c3)cc2c1. The second-order valence-corrected chi connectivity index (χ2v) is 4.86. The summed E-state index contributed by atoms with van der Waals surface area (Å²) in [6.07, 6.45) is 0. The summed E-state index contributed by atoms with van der Waals surface area (Å²) >= 11 is 0. The third-order valence-electron chi connectivity index (χ3n) is 3.20. The molecule has 3 aromatic rings. The van der Waals surface area contributed by atoms with Crippen molar-refractivity contribution in [2.45, 2.75) is 6.92 Å². The number of benzene rings is 2. The Bertz CT molecular complexity index is 839. The number of anilines is 1. The Hall–Kier alpha value is -2.69. The number of nitrogens with one attached hydrogen (secondary N) is 2. The van der Waals surface area contributed by atoms with Gasteiger partial charge < -0.3 is 10.3 Å². The number of aromatic amines is 1. The third kappa shape index (κ3) is 2.63. The maximum absolute atomic E-state index is 13.1. The van der Waals surface area contributed by atoms with Gasteiger partial charge in [0.15, 0.2) is 11.6 Å². The van der Waals surface area contributed by atoms with Gasteiger partial charge in [-0.25, -0.2) is 8.78 Å². The van der Waals surface area contributed by atoms with E-state index in [1.807, 2.05) is 25.1 Å². The Morgan fingerprint density at radius 1 is 1.05 bits per heavy atom. The predicted molar refractivity (Wildman–Crippen MR) is 77.3 cm³/mol. The van der Waals surface area contributed by atoms with Crippen LogP contribution < -0.4 is 5.32 Å². The van der Waals surface area contributed by atoms with Gasteiger partial charge in [-0.1, -0.05) is 11.6 Å². The molecular formula is C16H12F2N2O. The minimum absolute atomic E-state index is 0.203. The van der Waals surface area contributed by atoms with Crippen LogP contribution >= 0.6 is 0 Å². The molecule has 0 saturated carbocycles. The van der Waals surface area contributed by atoms with Gasteiger partial charge >= 0.3 is 0 Å². The average Bonchev–Trinajstić information content (AvgIpc) is 2.86. The zero-order valence-electron chi connectivity index (χ0n) is 11.2. The van der Waals surface area contributed by atoms with Crippen LogP contribution in [0.25, 0.3) is 10.9 Å². The van der Waals surface area contributed by atoms with E-state index in [1.54, 1.807) is 6.07 Å². The second kappa shape index (κ2) is 5.01. The number of aryl methyl sites for hydroxylation is 1. The molecule has 0 fully saturated rings. The Kier molecular flexibility index (Phi) is 3.17. The zero-order chi connectivity index (χ0) is 15.0. The lowest BCUT2D eigenvalue weighted by molar-refractivity contribution is 0.102. The number of carbonyl (C=O) groups is 1. The summed E-state index contributed by atoms with van der Waals surface area (Å²) in [6, 6.07) is 10.7. The summed E-state index contributed by atoms with van der Waals surface area (Å²) in [7, 11) is 0. The molecule has 0 aliphatic rings. The topological polar surface area (TPSA) is 44.9 Å². The molecule has 5 heteroatoms. The van der Waals surface area contributed by atoms with Gasteiger partial charge in [0.25, 0.3) is 5.91 Å². The monoisotopic (exact) mass is 286 g/mol. The third-order valence-corrected chi connectivity index (χ3v) is 3.20. The van der Waals surface area contributed by atoms with Crippen molar-refractivity contribution in [3.63, 3.8) is 0 Å². The average molecular weight is 286 g/mol. The molecule has 0 saturated heterocycles. The molecule has 2 N–H and O–H groups in total. The number of aromatic nitrogens is 1. The predicted octanol–water partition coefficient (Wildman–Crippen LogP) is 4.01. The maximum atomic E-state index is 13.1. The molecule has 0 bridgehead atoms. The first-order chi connectivity index (χ1) is 10.0. The standard InChI is InChI=1S/C16H12F2N2O/c1-9-2-5-14-10(6-9)7-15(20-14)16(21)19-11-3-4-12(17)13(18)8-11/h2-8,20H,1H3,(H,19,21). The Labute approximate surface area is 119 Å². The lowest BCUT2D eigenvalue weighted by Gasteiger charge is -2.03. The highest BCUT2D eigenvalue weighted by molar-refractivity contribution is 6.05. The fourth-order valence-corrected chi connectivity index (χ4v) is 2.15. The van der Waals surface area contributed by atoms with E-state index >= 15 is 0 Å². The molecule has 2 aromatic carbocycles. The highest BCUT2D eigenvalue weighted by atomic mass is 19.2. The van der Waals surface area contributed by atoms with Crippen LogP contribution in [0, 0.1) is 18.6 Å². The van der Waals surface area contributed by atoms with Gasteiger partial charge in [0, 0.05) is 22.7 Å². The Balaban J connectivity index is 1.87. The van der Waals surface area contributed by atoms with Crippen molar-refractivity contribution < 1.29 is 13.6 Å². The molecule has 1 aromatic heterocycles. The molecule has 0 radical (unpaired) electrons. The molecule has 0 atom stereocenters. The fourth-order valence-electron chi connectivity index (χ4n) is 2.15. The van der Waals surface area contributed by atoms with E-state index < -0.39 is 17.5 Å². The smallest absolute Gasteiger partial charge is 0.272 e. The summed E-state index contributed by atoms with van der Waals surface area (Å²) in [6.45, 7) is 1.97. The maximum Gasteiger partial charge on any atom is 0.272 e. The van der Waals surface area contributed by atoms with E-state index in [1.165, 1.54) is 6.07 Å². The summed E-state index contributed by atoms with van der Waals surface area (Å²) in [5.74, 6) is -2.36. The number of hydrogen-bond donors (Lipinski definition) is 2. The van der Waals surface area contributed by atoms with Crippen LogP contribution in [0.3, 0.4) is 0 Å². The first-order valence-corrected chi connectivity index (χ1v) is 6.39. The zero-order valence-corrected chi connectivity index (χ0v) is 11.2. The van der Waals surface area contributed by atoms with Crippen LogP contribution in [0.1, 0.15) is 16.1 Å². The van der Waals surface area contributed by atoms with Crippen molar-refractivity contribution >= 4 is 22.5 Å². The number of fused-ring (bicyclic) bond motifs is 1. The molecule has 106 valence electrons. The minimum Gasteiger partial charge on any atom is -0.351 e. The molecule has 0 aliphatic heterocycles. The Morgan fingerprint density at radius 2 is 1.86 bits per heavy atom. The lowest BCUT2D eigenvalue weighted by atomic mass is 10.2. The Morgan fingerprint density at radius 3 is 2.62 bits per heavy atom. The molecule has 1 heterocycles. The van der Waals surface area contributed by atoms with E-state index in [-0.39, 0.29) is 5.69 Å². The molecular weight excluding hydrogens is 274 g/mol. The number of amides is 1. The van der Waals surface area contributed by atoms with Crippen molar-refractivity contribution in [1.29, 1.82) is 0 Å². The van der Waals surface area contributed by atoms with Gasteiger partial charge in [-0.2, -0.15) is 0 Å². The van der Waals surface area contributed by atoms with Gasteiger partial charge in [0.1, 0.15) is 5.69 Å². The van der Waals surface area contributed by atoms with Gasteiger partial charge in [0.2, 0.25) is 0 Å². The van der Waals surface area contributed by atoms with Crippen LogP contribution in [0.5, 0.6) is 0 Å². The molecule has 1 amide bonds. The van der Waals surface area contributed by atoms with Gasteiger partial charge in [0.05, 0.1) is 0 Å². The van der Waals surface area contributed by atoms with Crippen LogP contribution in [0.15, 0.2) is 42.5 Å². The van der Waals surface area contributed by atoms with Crippen molar-refractivity contribution in [1.82, 2.24) is 4.98 Å². The summed E-state index contributed by atoms with van der Waals surface area (Å²) in [5.41, 5.74) is 2.50. The van der Waals surface area contributed by atoms with E-state index in [0.717, 1.165) is 28.6 Å². The van der Waals surface area contributed by atoms with Crippen LogP contribution in [0.4, 0.5) is 14.5 Å². The molecule has 0 unspecified atom stereocenters. The largest absolute Gasteiger partial charge is 0.351 e. The summed E-state index contributed by atoms with van der Waals surface area (Å²) in [5, 5.41) is 3.45. The number of halogens is 2. The highest BCUT2D eigenvalue weighted by Gasteiger charge is 2.11. The van der Waals surface area contributed by atoms with Gasteiger partial charge in [-0.15, -0.1) is 0 Å². The van der Waals surface area contributed by atoms with E-state index in [2.05, 4.69) is 10.3 Å². The van der Waals surface area contributed by atoms with Crippen LogP contribution in [-0.4, -0.2) is 10.9 Å². The van der Waals surface area contributed by atoms with Crippen molar-refractivity contribution in [3.05, 3.63) is 65.4 Å². The fraction of sp³-hybridized carbons (Fsp3) is 0.0625. The number of H-pyrrole nitrogens is 1. The van der Waals surface area contributed by atoms with Gasteiger partial charge in [-0.05, 0) is 37.3 Å². The van der Waals surface area contributed by atoms with Gasteiger partial charge in [-0.3, -0.25) is 4.79 Å². The lowest BCUT2D eigenvalue weighted by Crippen LogP contribution is -2.12. The van der Waals surface area contributed by atoms with E-state index in [9.17, 15) is 13.6 Å². The van der Waals surface area contributed by atoms with E-state index in [0.29, 0.717) is 5.69 Å². The van der Waals surface area contributed by atoms with Crippen molar-refractivity contribution in [3.8, 4) is 0 Å². The van der Waals surface area contributed by atoms with Crippen LogP contribution in [0.2, 0.25) is 0 Å². The molecule has 3 nitrogen and oxygen atoms in total. The van der Waals surface area contributed by atoms with Crippen LogP contribution in [-0.2, 0) is 0 Å². The summed E-state index contributed by atoms with van der Waals surface area (Å²) in [4.78, 5) is 15.1. The molecule has 0 spiro atoms. The van der Waals surface area contributed by atoms with Crippen molar-refractivity contribution in [2.75, 3.05) is 5.32 Å². The first kappa shape index (κ1) is 13.3. The number of hydrogen-bond acceptors (Lipinski definition) is 1. The highest BCUT2D eigenvalue weighted by Crippen LogP contribution is 2.19. The quantitative estimate of drug-likeness (QED) is 0.734. The summed E-state index contributed by atoms with van der Waals surface area (Å²) < 4.78 is 26.0. The first-order valence-electron chi connectivity index (χ1n) is 6.39. The normalized spacial score (nSPS) is 10.8. The molecule has 3 rings (SSSR count). The minimum atomic E-state index is -1.000. The number of rotatable bonds is 2. The van der Waals surface area contributed by atoms with E-state index in [4.69, 9.17) is 0 Å². The number of carbonyl (C=O) groups excluding carboxylic acids is 1. The molecule has 0 aliphatic carbocycles.